The lowest BCUT2D eigenvalue weighted by molar-refractivity contribution is -0.00711. The normalized spacial score (nSPS) is 18.8. The fourth-order valence-electron chi connectivity index (χ4n) is 4.16. The maximum Gasteiger partial charge on any atom is 0.201 e. The number of allylic oxidation sites excluding steroid dienone is 1. The molecule has 1 aliphatic heterocycles. The van der Waals surface area contributed by atoms with Crippen LogP contribution in [0.2, 0.25) is 0 Å². The van der Waals surface area contributed by atoms with Crippen LogP contribution in [0.3, 0.4) is 0 Å². The molecule has 2 atom stereocenters. The van der Waals surface area contributed by atoms with Crippen molar-refractivity contribution in [2.75, 3.05) is 13.7 Å². The van der Waals surface area contributed by atoms with Crippen molar-refractivity contribution in [3.05, 3.63) is 89.8 Å². The maximum absolute atomic E-state index is 14.9. The van der Waals surface area contributed by atoms with E-state index in [1.54, 1.807) is 30.3 Å². The molecule has 0 aromatic heterocycles. The van der Waals surface area contributed by atoms with Crippen LogP contribution in [0.1, 0.15) is 31.4 Å². The van der Waals surface area contributed by atoms with Crippen LogP contribution < -0.4 is 4.74 Å². The minimum Gasteiger partial charge on any atom is -0.494 e. The van der Waals surface area contributed by atoms with Gasteiger partial charge in [0, 0.05) is 17.0 Å². The van der Waals surface area contributed by atoms with E-state index in [1.807, 2.05) is 19.1 Å². The molecule has 0 aliphatic carbocycles. The number of halogens is 3. The van der Waals surface area contributed by atoms with Gasteiger partial charge >= 0.3 is 0 Å². The average molecular weight is 438 g/mol. The van der Waals surface area contributed by atoms with Gasteiger partial charge in [0.2, 0.25) is 5.82 Å². The van der Waals surface area contributed by atoms with Crippen LogP contribution in [-0.2, 0) is 4.74 Å². The van der Waals surface area contributed by atoms with Gasteiger partial charge in [-0.1, -0.05) is 48.6 Å². The summed E-state index contributed by atoms with van der Waals surface area (Å²) in [6, 6.07) is 14.9. The second kappa shape index (κ2) is 9.61. The standard InChI is InChI=1S/C27H25F3O2/c1-3-4-17-5-13-24(32-16-17)22-11-10-20(15-23(22)28)18-6-8-19(9-7-18)21-12-14-25(31-2)27(30)26(21)29/h3-4,6-12,14-15,17,24H,5,13,16H2,1-2H3. The van der Waals surface area contributed by atoms with Crippen LogP contribution >= 0.6 is 0 Å². The van der Waals surface area contributed by atoms with Crippen LogP contribution in [-0.4, -0.2) is 13.7 Å². The van der Waals surface area contributed by atoms with Crippen molar-refractivity contribution in [2.45, 2.75) is 25.9 Å². The topological polar surface area (TPSA) is 18.5 Å². The van der Waals surface area contributed by atoms with Crippen molar-refractivity contribution < 1.29 is 22.6 Å². The number of hydrogen-bond donors (Lipinski definition) is 0. The van der Waals surface area contributed by atoms with Gasteiger partial charge in [-0.25, -0.2) is 8.78 Å². The Morgan fingerprint density at radius 2 is 1.59 bits per heavy atom. The van der Waals surface area contributed by atoms with Gasteiger partial charge in [-0.2, -0.15) is 4.39 Å². The molecule has 0 saturated carbocycles. The molecule has 0 amide bonds. The first-order valence-electron chi connectivity index (χ1n) is 10.7. The van der Waals surface area contributed by atoms with E-state index in [-0.39, 0.29) is 23.2 Å². The van der Waals surface area contributed by atoms with Crippen LogP contribution in [0.5, 0.6) is 5.75 Å². The Morgan fingerprint density at radius 1 is 0.875 bits per heavy atom. The number of benzene rings is 3. The van der Waals surface area contributed by atoms with E-state index in [0.29, 0.717) is 29.2 Å². The second-order valence-electron chi connectivity index (χ2n) is 7.94. The average Bonchev–Trinajstić information content (AvgIpc) is 2.82. The van der Waals surface area contributed by atoms with Crippen molar-refractivity contribution >= 4 is 0 Å². The minimum atomic E-state index is -1.02. The molecule has 0 N–H and O–H groups in total. The molecule has 3 aromatic carbocycles. The third kappa shape index (κ3) is 4.44. The molecule has 0 spiro atoms. The Bertz CT molecular complexity index is 1110. The molecule has 0 bridgehead atoms. The molecule has 1 heterocycles. The van der Waals surface area contributed by atoms with Gasteiger partial charge in [0.25, 0.3) is 0 Å². The molecule has 166 valence electrons. The zero-order valence-corrected chi connectivity index (χ0v) is 18.1. The van der Waals surface area contributed by atoms with Crippen LogP contribution in [0.25, 0.3) is 22.3 Å². The van der Waals surface area contributed by atoms with Crippen molar-refractivity contribution in [3.8, 4) is 28.0 Å². The first-order chi connectivity index (χ1) is 15.5. The molecule has 4 rings (SSSR count). The lowest BCUT2D eigenvalue weighted by Crippen LogP contribution is -2.20. The SMILES string of the molecule is CC=CC1CCC(c2ccc(-c3ccc(-c4ccc(OC)c(F)c4F)cc3)cc2F)OC1. The fourth-order valence-corrected chi connectivity index (χ4v) is 4.16. The molecule has 0 radical (unpaired) electrons. The molecule has 5 heteroatoms. The van der Waals surface area contributed by atoms with E-state index in [9.17, 15) is 13.2 Å². The zero-order chi connectivity index (χ0) is 22.7. The number of hydrogen-bond acceptors (Lipinski definition) is 2. The molecular formula is C27H25F3O2. The van der Waals surface area contributed by atoms with Crippen molar-refractivity contribution in [3.63, 3.8) is 0 Å². The molecular weight excluding hydrogens is 413 g/mol. The number of methoxy groups -OCH3 is 1. The van der Waals surface area contributed by atoms with Gasteiger partial charge in [0.05, 0.1) is 19.8 Å². The Kier molecular flexibility index (Phi) is 6.66. The summed E-state index contributed by atoms with van der Waals surface area (Å²) in [7, 11) is 1.29. The monoisotopic (exact) mass is 438 g/mol. The molecule has 2 nitrogen and oxygen atoms in total. The zero-order valence-electron chi connectivity index (χ0n) is 18.1. The number of rotatable bonds is 5. The summed E-state index contributed by atoms with van der Waals surface area (Å²) in [5, 5.41) is 0. The van der Waals surface area contributed by atoms with E-state index < -0.39 is 11.6 Å². The van der Waals surface area contributed by atoms with Gasteiger partial charge in [0.15, 0.2) is 11.6 Å². The van der Waals surface area contributed by atoms with Gasteiger partial charge in [0.1, 0.15) is 5.82 Å². The Labute approximate surface area is 186 Å². The molecule has 1 saturated heterocycles. The second-order valence-corrected chi connectivity index (χ2v) is 7.94. The predicted octanol–water partition coefficient (Wildman–Crippen LogP) is 7.49. The van der Waals surface area contributed by atoms with E-state index in [4.69, 9.17) is 9.47 Å². The smallest absolute Gasteiger partial charge is 0.201 e. The van der Waals surface area contributed by atoms with E-state index in [0.717, 1.165) is 18.4 Å². The van der Waals surface area contributed by atoms with Gasteiger partial charge in [-0.3, -0.25) is 0 Å². The summed E-state index contributed by atoms with van der Waals surface area (Å²) >= 11 is 0. The first-order valence-corrected chi connectivity index (χ1v) is 10.7. The minimum absolute atomic E-state index is 0.141. The lowest BCUT2D eigenvalue weighted by Gasteiger charge is -2.28. The Morgan fingerprint density at radius 3 is 2.22 bits per heavy atom. The fraction of sp³-hybridized carbons (Fsp3) is 0.259. The first kappa shape index (κ1) is 22.2. The van der Waals surface area contributed by atoms with Crippen LogP contribution in [0, 0.1) is 23.4 Å². The van der Waals surface area contributed by atoms with Crippen molar-refractivity contribution in [2.24, 2.45) is 5.92 Å². The van der Waals surface area contributed by atoms with Gasteiger partial charge < -0.3 is 9.47 Å². The number of ether oxygens (including phenoxy) is 2. The van der Waals surface area contributed by atoms with Gasteiger partial charge in [-0.05, 0) is 54.7 Å². The highest BCUT2D eigenvalue weighted by Gasteiger charge is 2.24. The van der Waals surface area contributed by atoms with E-state index in [2.05, 4.69) is 6.08 Å². The summed E-state index contributed by atoms with van der Waals surface area (Å²) in [6.07, 6.45) is 5.67. The van der Waals surface area contributed by atoms with Crippen molar-refractivity contribution in [1.29, 1.82) is 0 Å². The summed E-state index contributed by atoms with van der Waals surface area (Å²) in [5.74, 6) is -2.03. The van der Waals surface area contributed by atoms with Crippen LogP contribution in [0.15, 0.2) is 66.7 Å². The maximum atomic E-state index is 14.9. The highest BCUT2D eigenvalue weighted by molar-refractivity contribution is 5.71. The Balaban J connectivity index is 1.53. The third-order valence-electron chi connectivity index (χ3n) is 5.92. The quantitative estimate of drug-likeness (QED) is 0.384. The molecule has 1 aliphatic rings. The highest BCUT2D eigenvalue weighted by atomic mass is 19.2. The van der Waals surface area contributed by atoms with E-state index in [1.165, 1.54) is 25.3 Å². The van der Waals surface area contributed by atoms with E-state index >= 15 is 0 Å². The lowest BCUT2D eigenvalue weighted by atomic mass is 9.93. The largest absolute Gasteiger partial charge is 0.494 e. The van der Waals surface area contributed by atoms with Gasteiger partial charge in [-0.15, -0.1) is 0 Å². The van der Waals surface area contributed by atoms with Crippen molar-refractivity contribution in [1.82, 2.24) is 0 Å². The summed E-state index contributed by atoms with van der Waals surface area (Å²) in [4.78, 5) is 0. The third-order valence-corrected chi connectivity index (χ3v) is 5.92. The predicted molar refractivity (Wildman–Crippen MR) is 120 cm³/mol. The summed E-state index contributed by atoms with van der Waals surface area (Å²) in [5.41, 5.74) is 2.73. The highest BCUT2D eigenvalue weighted by Crippen LogP contribution is 2.35. The molecule has 3 aromatic rings. The molecule has 2 unspecified atom stereocenters. The molecule has 1 fully saturated rings. The Hall–Kier alpha value is -3.05. The summed E-state index contributed by atoms with van der Waals surface area (Å²) in [6.45, 7) is 2.59. The summed E-state index contributed by atoms with van der Waals surface area (Å²) < 4.78 is 54.0. The molecule has 32 heavy (non-hydrogen) atoms. The van der Waals surface area contributed by atoms with Crippen LogP contribution in [0.4, 0.5) is 13.2 Å².